The zero-order chi connectivity index (χ0) is 39.1. The van der Waals surface area contributed by atoms with Crippen LogP contribution in [0.1, 0.15) is 51.7 Å². The predicted molar refractivity (Wildman–Crippen MR) is 213 cm³/mol. The normalized spacial score (nSPS) is 19.0. The fourth-order valence-electron chi connectivity index (χ4n) is 6.65. The van der Waals surface area contributed by atoms with E-state index < -0.39 is 34.4 Å². The molecule has 1 aliphatic heterocycles. The van der Waals surface area contributed by atoms with E-state index in [1.165, 1.54) is 23.9 Å². The molecule has 1 fully saturated rings. The van der Waals surface area contributed by atoms with Gasteiger partial charge in [-0.2, -0.15) is 4.72 Å². The number of carbonyl (C=O) groups is 1. The fourth-order valence-corrected chi connectivity index (χ4v) is 8.77. The number of benzene rings is 5. The fraction of sp³-hybridized carbons (Fsp3) is 0.238. The van der Waals surface area contributed by atoms with E-state index in [0.717, 1.165) is 27.8 Å². The number of nitrogens with zero attached hydrogens (tertiary/aromatic N) is 4. The molecule has 12 nitrogen and oxygen atoms in total. The molecule has 7 rings (SSSR count). The molecule has 1 aromatic heterocycles. The molecule has 5 aromatic carbocycles. The molecule has 14 heteroatoms. The molecular weight excluding hydrogens is 749 g/mol. The molecule has 6 aromatic rings. The summed E-state index contributed by atoms with van der Waals surface area (Å²) in [6.45, 7) is 1.80. The maximum Gasteiger partial charge on any atom is 0.242 e. The Morgan fingerprint density at radius 3 is 2.21 bits per heavy atom. The molecule has 1 saturated heterocycles. The van der Waals surface area contributed by atoms with Crippen molar-refractivity contribution in [2.24, 2.45) is 7.05 Å². The summed E-state index contributed by atoms with van der Waals surface area (Å²) in [6, 6.07) is 39.6. The highest BCUT2D eigenvalue weighted by Gasteiger charge is 2.42. The van der Waals surface area contributed by atoms with Crippen molar-refractivity contribution in [1.82, 2.24) is 24.9 Å². The van der Waals surface area contributed by atoms with Crippen LogP contribution < -0.4 is 10.0 Å². The Labute approximate surface area is 330 Å². The summed E-state index contributed by atoms with van der Waals surface area (Å²) in [6.07, 6.45) is -1.57. The van der Waals surface area contributed by atoms with Gasteiger partial charge in [0.05, 0.1) is 23.7 Å². The summed E-state index contributed by atoms with van der Waals surface area (Å²) < 4.78 is 44.9. The van der Waals surface area contributed by atoms with Crippen molar-refractivity contribution in [1.29, 1.82) is 0 Å². The molecule has 56 heavy (non-hydrogen) atoms. The lowest BCUT2D eigenvalue weighted by Crippen LogP contribution is -2.45. The van der Waals surface area contributed by atoms with Crippen molar-refractivity contribution in [2.75, 3.05) is 11.1 Å². The number of hydrogen-bond donors (Lipinski definition) is 3. The van der Waals surface area contributed by atoms with Crippen LogP contribution in [-0.4, -0.2) is 57.5 Å². The maximum absolute atomic E-state index is 14.0. The molecule has 0 bridgehead atoms. The van der Waals surface area contributed by atoms with Crippen LogP contribution in [0, 0.1) is 6.92 Å². The summed E-state index contributed by atoms with van der Waals surface area (Å²) in [4.78, 5) is 14.1. The lowest BCUT2D eigenvalue weighted by molar-refractivity contribution is -0.255. The van der Waals surface area contributed by atoms with Gasteiger partial charge in [-0.1, -0.05) is 127 Å². The Kier molecular flexibility index (Phi) is 12.3. The second-order valence-corrected chi connectivity index (χ2v) is 16.3. The molecule has 2 heterocycles. The lowest BCUT2D eigenvalue weighted by atomic mass is 9.84. The second-order valence-electron chi connectivity index (χ2n) is 13.6. The monoisotopic (exact) mass is 790 g/mol. The number of aromatic nitrogens is 4. The van der Waals surface area contributed by atoms with Crippen LogP contribution >= 0.6 is 11.8 Å². The average Bonchev–Trinajstić information content (AvgIpc) is 3.64. The Morgan fingerprint density at radius 1 is 0.839 bits per heavy atom. The van der Waals surface area contributed by atoms with Crippen LogP contribution in [0.15, 0.2) is 144 Å². The molecule has 0 saturated carbocycles. The highest BCUT2D eigenvalue weighted by molar-refractivity contribution is 7.99. The van der Waals surface area contributed by atoms with E-state index in [1.54, 1.807) is 42.1 Å². The van der Waals surface area contributed by atoms with Gasteiger partial charge in [0, 0.05) is 30.0 Å². The number of aliphatic hydroxyl groups excluding tert-OH is 1. The SMILES string of the molecule is Cc1ccc(S(=O)(=O)N[C@H](Cc2ccccc2)C(=O)Nc2cccc(C3O[C@H](CSc4nnnn4C)[C@@H](c4ccccc4)[C@H](c4ccc(CO)cc4)O3)c2)cc1. The highest BCUT2D eigenvalue weighted by Crippen LogP contribution is 2.48. The predicted octanol–water partition coefficient (Wildman–Crippen LogP) is 6.27. The van der Waals surface area contributed by atoms with Crippen molar-refractivity contribution in [2.45, 2.75) is 60.5 Å². The van der Waals surface area contributed by atoms with Crippen LogP contribution in [0.2, 0.25) is 0 Å². The average molecular weight is 791 g/mol. The van der Waals surface area contributed by atoms with Gasteiger partial charge in [0.1, 0.15) is 6.04 Å². The van der Waals surface area contributed by atoms with Gasteiger partial charge < -0.3 is 19.9 Å². The number of amides is 1. The number of carbonyl (C=O) groups excluding carboxylic acids is 1. The number of nitrogens with one attached hydrogen (secondary N) is 2. The van der Waals surface area contributed by atoms with Gasteiger partial charge in [-0.25, -0.2) is 13.1 Å². The minimum absolute atomic E-state index is 0.0695. The number of tetrazole rings is 1. The van der Waals surface area contributed by atoms with E-state index in [2.05, 4.69) is 37.7 Å². The molecule has 1 amide bonds. The molecular formula is C42H42N6O6S2. The molecule has 0 aliphatic carbocycles. The molecule has 288 valence electrons. The van der Waals surface area contributed by atoms with Crippen molar-refractivity contribution in [3.8, 4) is 0 Å². The quantitative estimate of drug-likeness (QED) is 0.108. The van der Waals surface area contributed by atoms with Gasteiger partial charge in [0.25, 0.3) is 0 Å². The number of thioether (sulfide) groups is 1. The number of anilines is 1. The number of aryl methyl sites for hydroxylation is 2. The Morgan fingerprint density at radius 2 is 1.54 bits per heavy atom. The molecule has 0 radical (unpaired) electrons. The summed E-state index contributed by atoms with van der Waals surface area (Å²) in [7, 11) is -2.25. The zero-order valence-electron chi connectivity index (χ0n) is 30.8. The summed E-state index contributed by atoms with van der Waals surface area (Å²) in [5.41, 5.74) is 5.53. The smallest absolute Gasteiger partial charge is 0.242 e. The van der Waals surface area contributed by atoms with E-state index in [1.807, 2.05) is 85.8 Å². The third-order valence-corrected chi connectivity index (χ3v) is 12.2. The number of sulfonamides is 1. The van der Waals surface area contributed by atoms with Gasteiger partial charge >= 0.3 is 0 Å². The Hall–Kier alpha value is -5.22. The van der Waals surface area contributed by atoms with Crippen molar-refractivity contribution in [3.63, 3.8) is 0 Å². The van der Waals surface area contributed by atoms with Crippen LogP contribution in [-0.2, 0) is 44.4 Å². The molecule has 1 aliphatic rings. The number of aliphatic hydroxyl groups is 1. The van der Waals surface area contributed by atoms with Crippen LogP contribution in [0.3, 0.4) is 0 Å². The largest absolute Gasteiger partial charge is 0.392 e. The van der Waals surface area contributed by atoms with Gasteiger partial charge in [-0.05, 0) is 70.3 Å². The van der Waals surface area contributed by atoms with Crippen molar-refractivity contribution >= 4 is 33.4 Å². The number of rotatable bonds is 14. The second kappa shape index (κ2) is 17.7. The van der Waals surface area contributed by atoms with Crippen molar-refractivity contribution < 1.29 is 27.8 Å². The first-order chi connectivity index (χ1) is 27.2. The minimum atomic E-state index is -4.04. The summed E-state index contributed by atoms with van der Waals surface area (Å²) >= 11 is 1.48. The molecule has 3 N–H and O–H groups in total. The third kappa shape index (κ3) is 9.41. The first kappa shape index (κ1) is 39.0. The minimum Gasteiger partial charge on any atom is -0.392 e. The van der Waals surface area contributed by atoms with E-state index in [0.29, 0.717) is 22.2 Å². The van der Waals surface area contributed by atoms with E-state index in [4.69, 9.17) is 9.47 Å². The summed E-state index contributed by atoms with van der Waals surface area (Å²) in [5, 5.41) is 25.3. The van der Waals surface area contributed by atoms with Crippen LogP contribution in [0.4, 0.5) is 5.69 Å². The molecule has 1 unspecified atom stereocenters. The van der Waals surface area contributed by atoms with E-state index in [9.17, 15) is 18.3 Å². The topological polar surface area (TPSA) is 158 Å². The van der Waals surface area contributed by atoms with Gasteiger partial charge in [0.15, 0.2) is 6.29 Å². The third-order valence-electron chi connectivity index (χ3n) is 9.58. The standard InChI is InChI=1S/C42H42N6O6S2/c1-28-16-22-35(23-17-28)56(51,52)45-36(24-29-10-5-3-6-11-29)40(50)43-34-15-9-14-33(25-34)41-53-37(27-55-42-44-46-47-48(42)2)38(31-12-7-4-8-13-31)39(54-41)32-20-18-30(26-49)19-21-32/h3-23,25,36-39,41,45,49H,24,26-27H2,1-2H3,(H,43,50)/t36-,37-,38-,39+,41?/m1/s1. The van der Waals surface area contributed by atoms with E-state index >= 15 is 0 Å². The summed E-state index contributed by atoms with van der Waals surface area (Å²) in [5.74, 6) is -0.258. The Balaban J connectivity index is 1.18. The van der Waals surface area contributed by atoms with Gasteiger partial charge in [0.2, 0.25) is 21.1 Å². The van der Waals surface area contributed by atoms with Crippen LogP contribution in [0.5, 0.6) is 0 Å². The van der Waals surface area contributed by atoms with E-state index in [-0.39, 0.29) is 29.9 Å². The zero-order valence-corrected chi connectivity index (χ0v) is 32.4. The van der Waals surface area contributed by atoms with Crippen LogP contribution in [0.25, 0.3) is 0 Å². The molecule has 5 atom stereocenters. The van der Waals surface area contributed by atoms with Gasteiger partial charge in [-0.3, -0.25) is 4.79 Å². The Bertz CT molecular complexity index is 2330. The number of ether oxygens (including phenoxy) is 2. The van der Waals surface area contributed by atoms with Crippen molar-refractivity contribution in [3.05, 3.63) is 167 Å². The maximum atomic E-state index is 14.0. The lowest BCUT2D eigenvalue weighted by Gasteiger charge is -2.43. The van der Waals surface area contributed by atoms with Gasteiger partial charge in [-0.15, -0.1) is 5.10 Å². The first-order valence-electron chi connectivity index (χ1n) is 18.1. The first-order valence-corrected chi connectivity index (χ1v) is 20.6. The molecule has 0 spiro atoms. The highest BCUT2D eigenvalue weighted by atomic mass is 32.2. The number of hydrogen-bond acceptors (Lipinski definition) is 10.